The van der Waals surface area contributed by atoms with Crippen molar-refractivity contribution in [1.82, 2.24) is 0 Å². The fraction of sp³-hybridized carbons (Fsp3) is 0.0909. The lowest BCUT2D eigenvalue weighted by atomic mass is 10.3. The molecule has 2 aromatic rings. The maximum absolute atomic E-state index is 11.5. The van der Waals surface area contributed by atoms with Gasteiger partial charge in [-0.1, -0.05) is 6.07 Å². The van der Waals surface area contributed by atoms with Crippen molar-refractivity contribution >= 4 is 39.0 Å². The summed E-state index contributed by atoms with van der Waals surface area (Å²) in [4.78, 5) is 23.6. The quantitative estimate of drug-likeness (QED) is 0.642. The summed E-state index contributed by atoms with van der Waals surface area (Å²) in [5.41, 5.74) is 0. The Bertz CT molecular complexity index is 529. The van der Waals surface area contributed by atoms with E-state index >= 15 is 0 Å². The van der Waals surface area contributed by atoms with E-state index in [1.807, 2.05) is 0 Å². The predicted octanol–water partition coefficient (Wildman–Crippen LogP) is 3.14. The summed E-state index contributed by atoms with van der Waals surface area (Å²) in [6.45, 7) is -0.280. The van der Waals surface area contributed by atoms with Crippen LogP contribution in [0.15, 0.2) is 38.7 Å². The molecule has 4 nitrogen and oxygen atoms in total. The van der Waals surface area contributed by atoms with Crippen molar-refractivity contribution in [3.63, 3.8) is 0 Å². The lowest BCUT2D eigenvalue weighted by molar-refractivity contribution is 0.0443. The van der Waals surface area contributed by atoms with Crippen LogP contribution in [0.3, 0.4) is 0 Å². The average molecular weight is 315 g/mol. The van der Waals surface area contributed by atoms with Gasteiger partial charge in [-0.3, -0.25) is 4.79 Å². The molecular weight excluding hydrogens is 308 g/mol. The van der Waals surface area contributed by atoms with Crippen LogP contribution in [0.5, 0.6) is 0 Å². The van der Waals surface area contributed by atoms with Gasteiger partial charge in [-0.25, -0.2) is 4.79 Å². The fourth-order valence-corrected chi connectivity index (χ4v) is 2.09. The van der Waals surface area contributed by atoms with E-state index in [9.17, 15) is 9.59 Å². The third-order valence-electron chi connectivity index (χ3n) is 1.90. The molecule has 0 amide bonds. The van der Waals surface area contributed by atoms with Crippen LogP contribution < -0.4 is 0 Å². The summed E-state index contributed by atoms with van der Waals surface area (Å²) in [7, 11) is 0. The number of ketones is 1. The molecule has 2 aromatic heterocycles. The molecule has 2 heterocycles. The first kappa shape index (κ1) is 12.1. The minimum Gasteiger partial charge on any atom is -0.451 e. The zero-order chi connectivity index (χ0) is 12.3. The van der Waals surface area contributed by atoms with E-state index in [-0.39, 0.29) is 18.2 Å². The van der Waals surface area contributed by atoms with Crippen LogP contribution in [0, 0.1) is 0 Å². The Morgan fingerprint density at radius 1 is 1.35 bits per heavy atom. The third-order valence-corrected chi connectivity index (χ3v) is 3.24. The molecule has 0 aliphatic carbocycles. The van der Waals surface area contributed by atoms with Crippen LogP contribution in [-0.4, -0.2) is 18.4 Å². The van der Waals surface area contributed by atoms with Crippen molar-refractivity contribution in [2.45, 2.75) is 0 Å². The number of esters is 1. The number of furan rings is 1. The number of ether oxygens (including phenoxy) is 1. The second-order valence-electron chi connectivity index (χ2n) is 3.08. The van der Waals surface area contributed by atoms with Gasteiger partial charge in [-0.2, -0.15) is 0 Å². The summed E-state index contributed by atoms with van der Waals surface area (Å²) in [6.07, 6.45) is 0. The molecule has 0 aliphatic rings. The zero-order valence-corrected chi connectivity index (χ0v) is 10.9. The monoisotopic (exact) mass is 314 g/mol. The Morgan fingerprint density at radius 3 is 2.76 bits per heavy atom. The Kier molecular flexibility index (Phi) is 3.75. The molecule has 17 heavy (non-hydrogen) atoms. The molecular formula is C11H7BrO4S. The molecule has 0 bridgehead atoms. The van der Waals surface area contributed by atoms with Gasteiger partial charge in [0.15, 0.2) is 11.3 Å². The van der Waals surface area contributed by atoms with E-state index in [0.717, 1.165) is 0 Å². The maximum Gasteiger partial charge on any atom is 0.374 e. The van der Waals surface area contributed by atoms with Gasteiger partial charge in [-0.05, 0) is 39.5 Å². The third kappa shape index (κ3) is 3.04. The van der Waals surface area contributed by atoms with Gasteiger partial charge in [0, 0.05) is 0 Å². The van der Waals surface area contributed by atoms with Crippen molar-refractivity contribution in [2.24, 2.45) is 0 Å². The van der Waals surface area contributed by atoms with Gasteiger partial charge in [-0.15, -0.1) is 11.3 Å². The normalized spacial score (nSPS) is 10.2. The molecule has 0 aromatic carbocycles. The van der Waals surface area contributed by atoms with Crippen molar-refractivity contribution in [3.8, 4) is 0 Å². The highest BCUT2D eigenvalue weighted by Gasteiger charge is 2.15. The van der Waals surface area contributed by atoms with Gasteiger partial charge in [0.2, 0.25) is 11.5 Å². The van der Waals surface area contributed by atoms with E-state index in [4.69, 9.17) is 9.15 Å². The molecule has 0 atom stereocenters. The minimum absolute atomic E-state index is 0.0656. The van der Waals surface area contributed by atoms with Gasteiger partial charge < -0.3 is 9.15 Å². The number of hydrogen-bond donors (Lipinski definition) is 0. The lowest BCUT2D eigenvalue weighted by Gasteiger charge is -2.00. The minimum atomic E-state index is -0.652. The second-order valence-corrected chi connectivity index (χ2v) is 4.81. The molecule has 0 unspecified atom stereocenters. The molecule has 0 fully saturated rings. The number of rotatable bonds is 4. The molecule has 88 valence electrons. The molecule has 6 heteroatoms. The van der Waals surface area contributed by atoms with Crippen LogP contribution >= 0.6 is 27.3 Å². The number of hydrogen-bond acceptors (Lipinski definition) is 5. The largest absolute Gasteiger partial charge is 0.451 e. The van der Waals surface area contributed by atoms with E-state index in [1.54, 1.807) is 23.6 Å². The summed E-state index contributed by atoms with van der Waals surface area (Å²) in [6, 6.07) is 6.51. The SMILES string of the molecule is O=C(OCC(=O)c1cccs1)c1ccc(Br)o1. The van der Waals surface area contributed by atoms with E-state index in [1.165, 1.54) is 17.4 Å². The number of Topliss-reactive ketones (excluding diaryl/α,β-unsaturated/α-hetero) is 1. The first-order chi connectivity index (χ1) is 8.16. The lowest BCUT2D eigenvalue weighted by Crippen LogP contribution is -2.12. The molecule has 2 rings (SSSR count). The summed E-state index contributed by atoms with van der Waals surface area (Å²) in [5.74, 6) is -0.810. The highest BCUT2D eigenvalue weighted by Crippen LogP contribution is 2.15. The smallest absolute Gasteiger partial charge is 0.374 e. The van der Waals surface area contributed by atoms with E-state index in [2.05, 4.69) is 15.9 Å². The summed E-state index contributed by atoms with van der Waals surface area (Å²) in [5, 5.41) is 1.79. The van der Waals surface area contributed by atoms with Crippen molar-refractivity contribution < 1.29 is 18.7 Å². The fourth-order valence-electron chi connectivity index (χ4n) is 1.13. The first-order valence-electron chi connectivity index (χ1n) is 4.66. The number of carbonyl (C=O) groups excluding carboxylic acids is 2. The number of halogens is 1. The molecule has 0 radical (unpaired) electrons. The Balaban J connectivity index is 1.91. The van der Waals surface area contributed by atoms with Crippen molar-refractivity contribution in [1.29, 1.82) is 0 Å². The summed E-state index contributed by atoms with van der Waals surface area (Å²) < 4.78 is 10.3. The van der Waals surface area contributed by atoms with Crippen LogP contribution in [0.4, 0.5) is 0 Å². The van der Waals surface area contributed by atoms with Crippen LogP contribution in [0.25, 0.3) is 0 Å². The molecule has 0 saturated heterocycles. The summed E-state index contributed by atoms with van der Waals surface area (Å²) >= 11 is 4.38. The molecule has 0 spiro atoms. The van der Waals surface area contributed by atoms with Crippen LogP contribution in [0.1, 0.15) is 20.2 Å². The van der Waals surface area contributed by atoms with Gasteiger partial charge in [0.1, 0.15) is 0 Å². The molecule has 0 N–H and O–H groups in total. The maximum atomic E-state index is 11.5. The molecule has 0 saturated carbocycles. The van der Waals surface area contributed by atoms with Gasteiger partial charge in [0.05, 0.1) is 4.88 Å². The highest BCUT2D eigenvalue weighted by molar-refractivity contribution is 9.10. The number of carbonyl (C=O) groups is 2. The standard InChI is InChI=1S/C11H7BrO4S/c12-10-4-3-8(16-10)11(14)15-6-7(13)9-2-1-5-17-9/h1-5H,6H2. The zero-order valence-electron chi connectivity index (χ0n) is 8.51. The van der Waals surface area contributed by atoms with Crippen molar-refractivity contribution in [2.75, 3.05) is 6.61 Å². The Hall–Kier alpha value is -1.40. The topological polar surface area (TPSA) is 56.5 Å². The van der Waals surface area contributed by atoms with E-state index < -0.39 is 5.97 Å². The molecule has 0 aliphatic heterocycles. The average Bonchev–Trinajstić information content (AvgIpc) is 2.95. The van der Waals surface area contributed by atoms with Crippen molar-refractivity contribution in [3.05, 3.63) is 45.0 Å². The van der Waals surface area contributed by atoms with Gasteiger partial charge >= 0.3 is 5.97 Å². The van der Waals surface area contributed by atoms with Crippen LogP contribution in [-0.2, 0) is 4.74 Å². The first-order valence-corrected chi connectivity index (χ1v) is 6.33. The second kappa shape index (κ2) is 5.29. The highest BCUT2D eigenvalue weighted by atomic mass is 79.9. The predicted molar refractivity (Wildman–Crippen MR) is 65.3 cm³/mol. The van der Waals surface area contributed by atoms with Crippen LogP contribution in [0.2, 0.25) is 0 Å². The number of thiophene rings is 1. The van der Waals surface area contributed by atoms with Gasteiger partial charge in [0.25, 0.3) is 0 Å². The Labute approximate surface area is 109 Å². The Morgan fingerprint density at radius 2 is 2.18 bits per heavy atom. The van der Waals surface area contributed by atoms with E-state index in [0.29, 0.717) is 9.55 Å².